The lowest BCUT2D eigenvalue weighted by molar-refractivity contribution is -0.140. The van der Waals surface area contributed by atoms with Crippen LogP contribution in [0.15, 0.2) is 58.8 Å². The molecule has 2 aromatic carbocycles. The van der Waals surface area contributed by atoms with Crippen molar-refractivity contribution in [2.24, 2.45) is 21.1 Å². The summed E-state index contributed by atoms with van der Waals surface area (Å²) in [4.78, 5) is 25.8. The number of esters is 1. The van der Waals surface area contributed by atoms with Gasteiger partial charge in [0, 0.05) is 25.2 Å². The number of carbonyl (C=O) groups excluding carboxylic acids is 2. The molecule has 1 aliphatic carbocycles. The first-order valence-electron chi connectivity index (χ1n) is 14.0. The number of nitrogens with one attached hydrogen (secondary N) is 2. The van der Waals surface area contributed by atoms with E-state index in [-0.39, 0.29) is 30.0 Å². The number of ether oxygens (including phenoxy) is 2. The first kappa shape index (κ1) is 31.6. The highest BCUT2D eigenvalue weighted by molar-refractivity contribution is 5.67. The highest BCUT2D eigenvalue weighted by Crippen LogP contribution is 2.45. The molecule has 0 aliphatic heterocycles. The van der Waals surface area contributed by atoms with E-state index in [1.54, 1.807) is 24.3 Å². The lowest BCUT2D eigenvalue weighted by Crippen LogP contribution is -2.48. The summed E-state index contributed by atoms with van der Waals surface area (Å²) in [6.45, 7) is 9.96. The molecule has 1 saturated carbocycles. The smallest absolute Gasteiger partial charge is 0.407 e. The minimum atomic E-state index is -0.436. The lowest BCUT2D eigenvalue weighted by atomic mass is 9.62. The van der Waals surface area contributed by atoms with Crippen LogP contribution >= 0.6 is 0 Å². The van der Waals surface area contributed by atoms with Crippen molar-refractivity contribution in [2.45, 2.75) is 53.0 Å². The molecule has 220 valence electrons. The van der Waals surface area contributed by atoms with E-state index >= 15 is 0 Å². The van der Waals surface area contributed by atoms with Gasteiger partial charge in [0.05, 0.1) is 36.1 Å². The molecule has 2 unspecified atom stereocenters. The highest BCUT2D eigenvalue weighted by Gasteiger charge is 2.40. The fraction of sp³-hybridized carbons (Fsp3) is 0.516. The normalized spacial score (nSPS) is 19.8. The standard InChI is InChI=1S/C31H42N6O4/c1-23(38)40-16-14-37(28-12-10-26(11-13-28)36-35-25-8-6-24(20-32)7-9-25)15-17-41-29(39)34-22-31(4)19-27(33-5)18-30(2,3)21-31/h6-13,27,33H,14-19,21-22H2,1-5H3,(H,34,39)/b36-35+. The quantitative estimate of drug-likeness (QED) is 0.244. The van der Waals surface area contributed by atoms with Gasteiger partial charge in [0.25, 0.3) is 0 Å². The van der Waals surface area contributed by atoms with Crippen LogP contribution in [0.2, 0.25) is 0 Å². The van der Waals surface area contributed by atoms with E-state index in [1.807, 2.05) is 36.2 Å². The molecule has 0 saturated heterocycles. The lowest BCUT2D eigenvalue weighted by Gasteiger charge is -2.46. The van der Waals surface area contributed by atoms with Crippen molar-refractivity contribution in [3.63, 3.8) is 0 Å². The van der Waals surface area contributed by atoms with Crippen LogP contribution < -0.4 is 15.5 Å². The Kier molecular flexibility index (Phi) is 11.2. The van der Waals surface area contributed by atoms with E-state index in [1.165, 1.54) is 6.92 Å². The van der Waals surface area contributed by atoms with Gasteiger partial charge in [-0.2, -0.15) is 15.5 Å². The predicted molar refractivity (Wildman–Crippen MR) is 159 cm³/mol. The molecule has 1 amide bonds. The average Bonchev–Trinajstić information content (AvgIpc) is 2.93. The van der Waals surface area contributed by atoms with E-state index < -0.39 is 6.09 Å². The molecule has 0 aromatic heterocycles. The molecular formula is C31H42N6O4. The molecule has 0 radical (unpaired) electrons. The van der Waals surface area contributed by atoms with Crippen LogP contribution in [-0.2, 0) is 14.3 Å². The number of hydrogen-bond acceptors (Lipinski definition) is 9. The summed E-state index contributed by atoms with van der Waals surface area (Å²) < 4.78 is 10.7. The van der Waals surface area contributed by atoms with Gasteiger partial charge in [-0.1, -0.05) is 20.8 Å². The van der Waals surface area contributed by atoms with Gasteiger partial charge < -0.3 is 25.0 Å². The molecular weight excluding hydrogens is 520 g/mol. The van der Waals surface area contributed by atoms with E-state index in [0.29, 0.717) is 42.6 Å². The molecule has 41 heavy (non-hydrogen) atoms. The van der Waals surface area contributed by atoms with E-state index in [2.05, 4.69) is 47.7 Å². The number of benzene rings is 2. The Balaban J connectivity index is 1.54. The molecule has 1 aliphatic rings. The number of anilines is 1. The summed E-state index contributed by atoms with van der Waals surface area (Å²) in [5.41, 5.74) is 2.93. The van der Waals surface area contributed by atoms with Gasteiger partial charge in [0.1, 0.15) is 13.2 Å². The van der Waals surface area contributed by atoms with E-state index in [0.717, 1.165) is 24.9 Å². The van der Waals surface area contributed by atoms with Gasteiger partial charge in [-0.05, 0) is 85.7 Å². The Bertz CT molecular complexity index is 1220. The number of rotatable bonds is 12. The summed E-state index contributed by atoms with van der Waals surface area (Å²) in [5, 5.41) is 23.8. The van der Waals surface area contributed by atoms with Gasteiger partial charge >= 0.3 is 12.1 Å². The second-order valence-electron chi connectivity index (χ2n) is 11.7. The van der Waals surface area contributed by atoms with Crippen molar-refractivity contribution >= 4 is 29.1 Å². The second-order valence-corrected chi connectivity index (χ2v) is 11.7. The number of nitrogens with zero attached hydrogens (tertiary/aromatic N) is 4. The molecule has 0 spiro atoms. The fourth-order valence-corrected chi connectivity index (χ4v) is 5.68. The van der Waals surface area contributed by atoms with Gasteiger partial charge in [-0.3, -0.25) is 4.79 Å². The third-order valence-corrected chi connectivity index (χ3v) is 7.26. The first-order chi connectivity index (χ1) is 19.5. The van der Waals surface area contributed by atoms with Crippen molar-refractivity contribution in [1.29, 1.82) is 5.26 Å². The average molecular weight is 563 g/mol. The Labute approximate surface area is 243 Å². The zero-order valence-electron chi connectivity index (χ0n) is 24.8. The molecule has 3 rings (SSSR count). The Hall–Kier alpha value is -3.97. The zero-order chi connectivity index (χ0) is 29.9. The maximum absolute atomic E-state index is 12.6. The van der Waals surface area contributed by atoms with Crippen molar-refractivity contribution in [2.75, 3.05) is 44.8 Å². The second kappa shape index (κ2) is 14.6. The third-order valence-electron chi connectivity index (χ3n) is 7.26. The van der Waals surface area contributed by atoms with Crippen molar-refractivity contribution in [3.05, 3.63) is 54.1 Å². The molecule has 2 aromatic rings. The van der Waals surface area contributed by atoms with Crippen LogP contribution in [0.5, 0.6) is 0 Å². The van der Waals surface area contributed by atoms with Crippen molar-refractivity contribution in [1.82, 2.24) is 10.6 Å². The Morgan fingerprint density at radius 2 is 1.56 bits per heavy atom. The van der Waals surface area contributed by atoms with Crippen LogP contribution in [0.1, 0.15) is 52.5 Å². The van der Waals surface area contributed by atoms with Crippen LogP contribution in [0.4, 0.5) is 21.9 Å². The SMILES string of the molecule is CNC1CC(C)(C)CC(C)(CNC(=O)OCCN(CCOC(C)=O)c2ccc(/N=N/c3ccc(C#N)cc3)cc2)C1. The summed E-state index contributed by atoms with van der Waals surface area (Å²) in [6.07, 6.45) is 2.72. The number of carbonyl (C=O) groups is 2. The monoisotopic (exact) mass is 562 g/mol. The van der Waals surface area contributed by atoms with Gasteiger partial charge in [0.15, 0.2) is 0 Å². The fourth-order valence-electron chi connectivity index (χ4n) is 5.68. The molecule has 1 fully saturated rings. The third kappa shape index (κ3) is 10.5. The molecule has 0 bridgehead atoms. The maximum atomic E-state index is 12.6. The number of nitriles is 1. The van der Waals surface area contributed by atoms with Gasteiger partial charge in [0.2, 0.25) is 0 Å². The summed E-state index contributed by atoms with van der Waals surface area (Å²) in [7, 11) is 2.00. The van der Waals surface area contributed by atoms with Crippen LogP contribution in [0.3, 0.4) is 0 Å². The Morgan fingerprint density at radius 1 is 0.976 bits per heavy atom. The summed E-state index contributed by atoms with van der Waals surface area (Å²) in [5.74, 6) is -0.348. The van der Waals surface area contributed by atoms with Gasteiger partial charge in [-0.15, -0.1) is 0 Å². The molecule has 10 heteroatoms. The number of azo groups is 1. The molecule has 2 atom stereocenters. The minimum absolute atomic E-state index is 0.0102. The highest BCUT2D eigenvalue weighted by atomic mass is 16.5. The van der Waals surface area contributed by atoms with Crippen molar-refractivity contribution in [3.8, 4) is 6.07 Å². The first-order valence-corrected chi connectivity index (χ1v) is 14.0. The number of amides is 1. The number of alkyl carbamates (subject to hydrolysis) is 1. The zero-order valence-corrected chi connectivity index (χ0v) is 24.8. The Morgan fingerprint density at radius 3 is 2.12 bits per heavy atom. The largest absolute Gasteiger partial charge is 0.464 e. The maximum Gasteiger partial charge on any atom is 0.407 e. The van der Waals surface area contributed by atoms with Crippen LogP contribution in [0.25, 0.3) is 0 Å². The minimum Gasteiger partial charge on any atom is -0.464 e. The van der Waals surface area contributed by atoms with Crippen LogP contribution in [-0.4, -0.2) is 58.0 Å². The van der Waals surface area contributed by atoms with E-state index in [9.17, 15) is 9.59 Å². The predicted octanol–water partition coefficient (Wildman–Crippen LogP) is 5.87. The molecule has 10 nitrogen and oxygen atoms in total. The van der Waals surface area contributed by atoms with E-state index in [4.69, 9.17) is 14.7 Å². The summed E-state index contributed by atoms with van der Waals surface area (Å²) in [6, 6.07) is 16.8. The van der Waals surface area contributed by atoms with Crippen molar-refractivity contribution < 1.29 is 19.1 Å². The summed E-state index contributed by atoms with van der Waals surface area (Å²) >= 11 is 0. The van der Waals surface area contributed by atoms with Gasteiger partial charge in [-0.25, -0.2) is 4.79 Å². The number of hydrogen-bond donors (Lipinski definition) is 2. The topological polar surface area (TPSA) is 128 Å². The molecule has 0 heterocycles. The molecule has 2 N–H and O–H groups in total. The van der Waals surface area contributed by atoms with Crippen LogP contribution in [0, 0.1) is 22.2 Å².